The number of aryl methyl sites for hydroxylation is 1. The van der Waals surface area contributed by atoms with Crippen LogP contribution in [-0.2, 0) is 9.53 Å². The van der Waals surface area contributed by atoms with Gasteiger partial charge < -0.3 is 14.2 Å². The van der Waals surface area contributed by atoms with Gasteiger partial charge in [0.2, 0.25) is 5.90 Å². The van der Waals surface area contributed by atoms with Crippen molar-refractivity contribution in [3.63, 3.8) is 0 Å². The van der Waals surface area contributed by atoms with Crippen LogP contribution < -0.4 is 9.47 Å². The van der Waals surface area contributed by atoms with Crippen LogP contribution in [0, 0.1) is 17.0 Å². The number of non-ortho nitro benzene ring substituents is 1. The number of nitro benzene ring substituents is 1. The Morgan fingerprint density at radius 3 is 2.53 bits per heavy atom. The van der Waals surface area contributed by atoms with Gasteiger partial charge in [-0.05, 0) is 55.3 Å². The summed E-state index contributed by atoms with van der Waals surface area (Å²) in [6.07, 6.45) is 1.53. The lowest BCUT2D eigenvalue weighted by Crippen LogP contribution is -2.08. The quantitative estimate of drug-likeness (QED) is 0.0568. The molecule has 6 rings (SSSR count). The number of benzene rings is 3. The smallest absolute Gasteiger partial charge is 0.363 e. The number of hydrogen-bond donors (Lipinski definition) is 0. The molecule has 0 saturated carbocycles. The zero-order chi connectivity index (χ0) is 30.4. The van der Waals surface area contributed by atoms with Crippen molar-refractivity contribution in [3.8, 4) is 11.5 Å². The van der Waals surface area contributed by atoms with Crippen LogP contribution in [0.3, 0.4) is 0 Å². The van der Waals surface area contributed by atoms with Crippen LogP contribution >= 0.6 is 45.9 Å². The number of rotatable bonds is 7. The standard InChI is InChI=1S/C30H18Cl2N2O7S2/c1-3-39-21-12-15(11-19-29(35)41-28(33-19)26-24(31)17-7-4-14(2)10-22(17)42-26)5-9-20(21)40-30(36)27-25(32)18-8-6-16(34(37)38)13-23(18)43-27/h4-13H,3H2,1-2H3/b19-11+. The van der Waals surface area contributed by atoms with Gasteiger partial charge in [0.15, 0.2) is 17.2 Å². The maximum Gasteiger partial charge on any atom is 0.363 e. The molecule has 2 aromatic heterocycles. The van der Waals surface area contributed by atoms with E-state index in [4.69, 9.17) is 37.4 Å². The number of thiophene rings is 2. The van der Waals surface area contributed by atoms with Gasteiger partial charge in [0.1, 0.15) is 9.75 Å². The zero-order valence-corrected chi connectivity index (χ0v) is 25.5. The third-order valence-corrected chi connectivity index (χ3v) is 9.67. The van der Waals surface area contributed by atoms with Crippen LogP contribution in [0.25, 0.3) is 26.2 Å². The van der Waals surface area contributed by atoms with E-state index >= 15 is 0 Å². The number of esters is 2. The first-order valence-corrected chi connectivity index (χ1v) is 15.1. The van der Waals surface area contributed by atoms with Crippen LogP contribution in [0.2, 0.25) is 10.0 Å². The first kappa shape index (κ1) is 28.8. The molecule has 216 valence electrons. The molecule has 3 heterocycles. The molecule has 0 spiro atoms. The fourth-order valence-electron chi connectivity index (χ4n) is 4.39. The minimum atomic E-state index is -0.745. The summed E-state index contributed by atoms with van der Waals surface area (Å²) in [4.78, 5) is 41.4. The van der Waals surface area contributed by atoms with E-state index in [1.54, 1.807) is 19.1 Å². The maximum absolute atomic E-state index is 13.1. The van der Waals surface area contributed by atoms with Crippen LogP contribution in [0.1, 0.15) is 32.6 Å². The maximum atomic E-state index is 13.1. The largest absolute Gasteiger partial charge is 0.490 e. The molecule has 0 aliphatic carbocycles. The van der Waals surface area contributed by atoms with Gasteiger partial charge in [0, 0.05) is 32.3 Å². The van der Waals surface area contributed by atoms with Crippen LogP contribution in [-0.4, -0.2) is 29.4 Å². The summed E-state index contributed by atoms with van der Waals surface area (Å²) < 4.78 is 18.2. The lowest BCUT2D eigenvalue weighted by atomic mass is 10.1. The SMILES string of the molecule is CCOc1cc(/C=C2/N=C(c3sc4cc(C)ccc4c3Cl)OC2=O)ccc1OC(=O)c1sc2cc([N+](=O)[O-])ccc2c1Cl. The summed E-state index contributed by atoms with van der Waals surface area (Å²) in [5, 5.41) is 13.1. The summed E-state index contributed by atoms with van der Waals surface area (Å²) in [5.74, 6) is -0.880. The second-order valence-electron chi connectivity index (χ2n) is 9.29. The van der Waals surface area contributed by atoms with Crippen molar-refractivity contribution in [1.82, 2.24) is 0 Å². The minimum absolute atomic E-state index is 0.0676. The third-order valence-electron chi connectivity index (χ3n) is 6.38. The average molecular weight is 654 g/mol. The number of carbonyl (C=O) groups excluding carboxylic acids is 2. The van der Waals surface area contributed by atoms with Gasteiger partial charge in [-0.2, -0.15) is 0 Å². The van der Waals surface area contributed by atoms with Crippen molar-refractivity contribution < 1.29 is 28.7 Å². The molecule has 1 aliphatic rings. The van der Waals surface area contributed by atoms with Crippen molar-refractivity contribution in [2.75, 3.05) is 6.61 Å². The molecule has 9 nitrogen and oxygen atoms in total. The topological polar surface area (TPSA) is 117 Å². The van der Waals surface area contributed by atoms with Crippen LogP contribution in [0.5, 0.6) is 11.5 Å². The van der Waals surface area contributed by atoms with E-state index in [0.717, 1.165) is 27.0 Å². The number of aliphatic imine (C=N–C) groups is 1. The normalized spacial score (nSPS) is 13.9. The summed E-state index contributed by atoms with van der Waals surface area (Å²) >= 11 is 15.4. The monoisotopic (exact) mass is 652 g/mol. The Kier molecular flexibility index (Phi) is 7.65. The highest BCUT2D eigenvalue weighted by molar-refractivity contribution is 7.22. The van der Waals surface area contributed by atoms with Crippen molar-refractivity contribution in [3.05, 3.63) is 101 Å². The Morgan fingerprint density at radius 2 is 1.77 bits per heavy atom. The Hall–Kier alpha value is -4.29. The van der Waals surface area contributed by atoms with Gasteiger partial charge in [-0.1, -0.05) is 41.4 Å². The lowest BCUT2D eigenvalue weighted by molar-refractivity contribution is -0.384. The highest BCUT2D eigenvalue weighted by Crippen LogP contribution is 2.40. The molecular weight excluding hydrogens is 635 g/mol. The van der Waals surface area contributed by atoms with Gasteiger partial charge in [-0.25, -0.2) is 14.6 Å². The molecule has 0 unspecified atom stereocenters. The number of fused-ring (bicyclic) bond motifs is 2. The van der Waals surface area contributed by atoms with E-state index in [1.807, 2.05) is 25.1 Å². The number of halogens is 2. The molecule has 43 heavy (non-hydrogen) atoms. The van der Waals surface area contributed by atoms with Gasteiger partial charge in [-0.15, -0.1) is 22.7 Å². The summed E-state index contributed by atoms with van der Waals surface area (Å²) in [6, 6.07) is 14.8. The van der Waals surface area contributed by atoms with E-state index in [-0.39, 0.29) is 45.3 Å². The van der Waals surface area contributed by atoms with E-state index in [2.05, 4.69) is 4.99 Å². The molecule has 0 radical (unpaired) electrons. The molecular formula is C30H18Cl2N2O7S2. The number of ether oxygens (including phenoxy) is 3. The summed E-state index contributed by atoms with van der Waals surface area (Å²) in [7, 11) is 0. The molecule has 0 amide bonds. The van der Waals surface area contributed by atoms with Crippen LogP contribution in [0.4, 0.5) is 5.69 Å². The zero-order valence-electron chi connectivity index (χ0n) is 22.3. The minimum Gasteiger partial charge on any atom is -0.490 e. The molecule has 0 atom stereocenters. The highest BCUT2D eigenvalue weighted by Gasteiger charge is 2.28. The van der Waals surface area contributed by atoms with Crippen molar-refractivity contribution in [2.24, 2.45) is 4.99 Å². The Labute approximate surface area is 261 Å². The van der Waals surface area contributed by atoms with Crippen molar-refractivity contribution in [2.45, 2.75) is 13.8 Å². The fraction of sp³-hybridized carbons (Fsp3) is 0.100. The number of nitro groups is 1. The van der Waals surface area contributed by atoms with E-state index in [9.17, 15) is 19.7 Å². The van der Waals surface area contributed by atoms with Gasteiger partial charge >= 0.3 is 11.9 Å². The highest BCUT2D eigenvalue weighted by atomic mass is 35.5. The molecule has 13 heteroatoms. The lowest BCUT2D eigenvalue weighted by Gasteiger charge is -2.11. The Morgan fingerprint density at radius 1 is 1.02 bits per heavy atom. The number of carbonyl (C=O) groups is 2. The van der Waals surface area contributed by atoms with Gasteiger partial charge in [0.25, 0.3) is 5.69 Å². The fourth-order valence-corrected chi connectivity index (χ4v) is 7.34. The number of nitrogens with zero attached hydrogens (tertiary/aromatic N) is 2. The van der Waals surface area contributed by atoms with Gasteiger partial charge in [-0.3, -0.25) is 10.1 Å². The van der Waals surface area contributed by atoms with Gasteiger partial charge in [0.05, 0.1) is 21.6 Å². The molecule has 5 aromatic rings. The predicted octanol–water partition coefficient (Wildman–Crippen LogP) is 8.60. The van der Waals surface area contributed by atoms with Crippen molar-refractivity contribution in [1.29, 1.82) is 0 Å². The second kappa shape index (κ2) is 11.4. The molecule has 1 aliphatic heterocycles. The number of hydrogen-bond acceptors (Lipinski definition) is 10. The predicted molar refractivity (Wildman–Crippen MR) is 168 cm³/mol. The molecule has 0 N–H and O–H groups in total. The van der Waals surface area contributed by atoms with E-state index < -0.39 is 16.9 Å². The third kappa shape index (κ3) is 5.48. The Balaban J connectivity index is 1.28. The van der Waals surface area contributed by atoms with Crippen molar-refractivity contribution >= 4 is 95.6 Å². The summed E-state index contributed by atoms with van der Waals surface area (Å²) in [5.41, 5.74) is 1.59. The molecule has 3 aromatic carbocycles. The van der Waals surface area contributed by atoms with E-state index in [0.29, 0.717) is 25.5 Å². The first-order valence-electron chi connectivity index (χ1n) is 12.7. The molecule has 0 fully saturated rings. The molecule has 0 bridgehead atoms. The molecule has 0 saturated heterocycles. The van der Waals surface area contributed by atoms with E-state index in [1.165, 1.54) is 41.7 Å². The first-order chi connectivity index (χ1) is 20.6. The second-order valence-corrected chi connectivity index (χ2v) is 12.2. The average Bonchev–Trinajstić information content (AvgIpc) is 3.62. The number of cyclic esters (lactones) is 1. The summed E-state index contributed by atoms with van der Waals surface area (Å²) in [6.45, 7) is 4.03. The van der Waals surface area contributed by atoms with Crippen LogP contribution in [0.15, 0.2) is 65.3 Å². The Bertz CT molecular complexity index is 2060.